The van der Waals surface area contributed by atoms with Gasteiger partial charge in [0.2, 0.25) is 0 Å². The fraction of sp³-hybridized carbons (Fsp3) is 0.750. The van der Waals surface area contributed by atoms with E-state index in [2.05, 4.69) is 32.9 Å². The van der Waals surface area contributed by atoms with Gasteiger partial charge in [-0.05, 0) is 12.3 Å². The Morgan fingerprint density at radius 2 is 1.50 bits per heavy atom. The van der Waals surface area contributed by atoms with Crippen molar-refractivity contribution < 1.29 is 0 Å². The van der Waals surface area contributed by atoms with Gasteiger partial charge in [0.25, 0.3) is 0 Å². The topological polar surface area (TPSA) is 0 Å². The van der Waals surface area contributed by atoms with E-state index in [9.17, 15) is 0 Å². The summed E-state index contributed by atoms with van der Waals surface area (Å²) in [5.41, 5.74) is 0.370. The SMILES string of the molecule is C.C/C=C/C(C)(C)C. The minimum atomic E-state index is 0. The maximum Gasteiger partial charge on any atom is -0.0203 e. The lowest BCUT2D eigenvalue weighted by Crippen LogP contribution is -1.97. The molecule has 0 radical (unpaired) electrons. The standard InChI is InChI=1S/C7H14.CH4/c1-5-6-7(2,3)4;/h5-6H,1-4H3;1H4/b6-5+;. The Balaban J connectivity index is 0. The molecule has 0 heterocycles. The lowest BCUT2D eigenvalue weighted by Gasteiger charge is -2.09. The second-order valence-corrected chi connectivity index (χ2v) is 2.87. The maximum atomic E-state index is 2.19. The molecule has 0 spiro atoms. The Hall–Kier alpha value is -0.260. The van der Waals surface area contributed by atoms with E-state index in [1.807, 2.05) is 6.92 Å². The summed E-state index contributed by atoms with van der Waals surface area (Å²) < 4.78 is 0. The third-order valence-corrected chi connectivity index (χ3v) is 0.667. The summed E-state index contributed by atoms with van der Waals surface area (Å²) in [5.74, 6) is 0. The molecule has 0 aromatic carbocycles. The average Bonchev–Trinajstić information content (AvgIpc) is 1.30. The van der Waals surface area contributed by atoms with Gasteiger partial charge in [-0.25, -0.2) is 0 Å². The molecular weight excluding hydrogens is 96.1 g/mol. The van der Waals surface area contributed by atoms with Gasteiger partial charge in [-0.3, -0.25) is 0 Å². The minimum Gasteiger partial charge on any atom is -0.0911 e. The van der Waals surface area contributed by atoms with Gasteiger partial charge < -0.3 is 0 Å². The monoisotopic (exact) mass is 114 g/mol. The van der Waals surface area contributed by atoms with Crippen LogP contribution in [-0.2, 0) is 0 Å². The first-order valence-electron chi connectivity index (χ1n) is 2.70. The van der Waals surface area contributed by atoms with Gasteiger partial charge in [0, 0.05) is 0 Å². The van der Waals surface area contributed by atoms with Crippen molar-refractivity contribution in [1.29, 1.82) is 0 Å². The molecule has 0 aliphatic heterocycles. The van der Waals surface area contributed by atoms with E-state index in [-0.39, 0.29) is 7.43 Å². The smallest absolute Gasteiger partial charge is 0.0203 e. The first-order valence-corrected chi connectivity index (χ1v) is 2.70. The average molecular weight is 114 g/mol. The Morgan fingerprint density at radius 1 is 1.12 bits per heavy atom. The second kappa shape index (κ2) is 3.71. The molecule has 0 saturated carbocycles. The van der Waals surface area contributed by atoms with E-state index in [0.29, 0.717) is 5.41 Å². The highest BCUT2D eigenvalue weighted by Gasteiger charge is 2.00. The highest BCUT2D eigenvalue weighted by Crippen LogP contribution is 2.13. The predicted octanol–water partition coefficient (Wildman–Crippen LogP) is 3.24. The Kier molecular flexibility index (Phi) is 4.94. The highest BCUT2D eigenvalue weighted by atomic mass is 14.1. The van der Waals surface area contributed by atoms with Crippen molar-refractivity contribution in [3.05, 3.63) is 12.2 Å². The zero-order valence-corrected chi connectivity index (χ0v) is 5.65. The summed E-state index contributed by atoms with van der Waals surface area (Å²) in [4.78, 5) is 0. The molecule has 0 aromatic heterocycles. The van der Waals surface area contributed by atoms with Gasteiger partial charge in [-0.15, -0.1) is 0 Å². The molecule has 50 valence electrons. The fourth-order valence-electron chi connectivity index (χ4n) is 0.500. The molecule has 0 amide bonds. The minimum absolute atomic E-state index is 0. The van der Waals surface area contributed by atoms with Crippen LogP contribution in [0.15, 0.2) is 12.2 Å². The molecule has 0 saturated heterocycles. The van der Waals surface area contributed by atoms with Crippen LogP contribution in [0, 0.1) is 5.41 Å². The number of rotatable bonds is 0. The molecule has 0 aliphatic carbocycles. The van der Waals surface area contributed by atoms with Crippen LogP contribution in [-0.4, -0.2) is 0 Å². The number of hydrogen-bond acceptors (Lipinski definition) is 0. The first-order chi connectivity index (χ1) is 3.06. The van der Waals surface area contributed by atoms with Gasteiger partial charge in [0.15, 0.2) is 0 Å². The molecule has 0 bridgehead atoms. The van der Waals surface area contributed by atoms with Gasteiger partial charge >= 0.3 is 0 Å². The van der Waals surface area contributed by atoms with Crippen LogP contribution in [0.25, 0.3) is 0 Å². The Bertz CT molecular complexity index is 62.6. The fourth-order valence-corrected chi connectivity index (χ4v) is 0.500. The van der Waals surface area contributed by atoms with E-state index in [1.54, 1.807) is 0 Å². The summed E-state index contributed by atoms with van der Waals surface area (Å²) >= 11 is 0. The zero-order chi connectivity index (χ0) is 5.91. The molecule has 0 fully saturated rings. The van der Waals surface area contributed by atoms with E-state index in [4.69, 9.17) is 0 Å². The lowest BCUT2D eigenvalue weighted by atomic mass is 9.97. The van der Waals surface area contributed by atoms with Crippen LogP contribution >= 0.6 is 0 Å². The normalized spacial score (nSPS) is 11.5. The zero-order valence-electron chi connectivity index (χ0n) is 5.65. The first kappa shape index (κ1) is 10.7. The third kappa shape index (κ3) is 9.22. The summed E-state index contributed by atoms with van der Waals surface area (Å²) in [6, 6.07) is 0. The Morgan fingerprint density at radius 3 is 1.50 bits per heavy atom. The van der Waals surface area contributed by atoms with Gasteiger partial charge in [-0.2, -0.15) is 0 Å². The van der Waals surface area contributed by atoms with E-state index in [1.165, 1.54) is 0 Å². The second-order valence-electron chi connectivity index (χ2n) is 2.87. The van der Waals surface area contributed by atoms with Crippen molar-refractivity contribution in [2.75, 3.05) is 0 Å². The van der Waals surface area contributed by atoms with Crippen molar-refractivity contribution in [3.63, 3.8) is 0 Å². The lowest BCUT2D eigenvalue weighted by molar-refractivity contribution is 0.543. The van der Waals surface area contributed by atoms with Crippen LogP contribution in [0.2, 0.25) is 0 Å². The van der Waals surface area contributed by atoms with Crippen molar-refractivity contribution in [2.24, 2.45) is 5.41 Å². The molecule has 0 N–H and O–H groups in total. The molecule has 8 heavy (non-hydrogen) atoms. The van der Waals surface area contributed by atoms with Crippen LogP contribution in [0.5, 0.6) is 0 Å². The highest BCUT2D eigenvalue weighted by molar-refractivity contribution is 4.88. The summed E-state index contributed by atoms with van der Waals surface area (Å²) in [6.07, 6.45) is 4.27. The molecule has 0 rings (SSSR count). The van der Waals surface area contributed by atoms with Crippen molar-refractivity contribution in [3.8, 4) is 0 Å². The Labute approximate surface area is 53.6 Å². The van der Waals surface area contributed by atoms with Crippen LogP contribution in [0.4, 0.5) is 0 Å². The number of hydrogen-bond donors (Lipinski definition) is 0. The van der Waals surface area contributed by atoms with E-state index in [0.717, 1.165) is 0 Å². The molecule has 0 aromatic rings. The predicted molar refractivity (Wildman–Crippen MR) is 41.0 cm³/mol. The van der Waals surface area contributed by atoms with Crippen LogP contribution < -0.4 is 0 Å². The van der Waals surface area contributed by atoms with Gasteiger partial charge in [0.05, 0.1) is 0 Å². The van der Waals surface area contributed by atoms with E-state index >= 15 is 0 Å². The van der Waals surface area contributed by atoms with Crippen molar-refractivity contribution >= 4 is 0 Å². The molecular formula is C8H18. The van der Waals surface area contributed by atoms with Crippen LogP contribution in [0.3, 0.4) is 0 Å². The quantitative estimate of drug-likeness (QED) is 0.424. The van der Waals surface area contributed by atoms with E-state index < -0.39 is 0 Å². The summed E-state index contributed by atoms with van der Waals surface area (Å²) in [7, 11) is 0. The molecule has 0 aliphatic rings. The van der Waals surface area contributed by atoms with Crippen molar-refractivity contribution in [1.82, 2.24) is 0 Å². The van der Waals surface area contributed by atoms with Crippen LogP contribution in [0.1, 0.15) is 35.1 Å². The number of allylic oxidation sites excluding steroid dienone is 2. The molecule has 0 unspecified atom stereocenters. The maximum absolute atomic E-state index is 2.19. The molecule has 0 heteroatoms. The molecule has 0 atom stereocenters. The largest absolute Gasteiger partial charge is 0.0911 e. The third-order valence-electron chi connectivity index (χ3n) is 0.667. The van der Waals surface area contributed by atoms with Gasteiger partial charge in [0.1, 0.15) is 0 Å². The summed E-state index contributed by atoms with van der Waals surface area (Å²) in [5, 5.41) is 0. The molecule has 0 nitrogen and oxygen atoms in total. The summed E-state index contributed by atoms with van der Waals surface area (Å²) in [6.45, 7) is 8.61. The van der Waals surface area contributed by atoms with Gasteiger partial charge in [-0.1, -0.05) is 40.3 Å². The van der Waals surface area contributed by atoms with Crippen molar-refractivity contribution in [2.45, 2.75) is 35.1 Å².